The van der Waals surface area contributed by atoms with E-state index in [1.807, 2.05) is 13.8 Å². The lowest BCUT2D eigenvalue weighted by Crippen LogP contribution is -2.47. The maximum absolute atomic E-state index is 12.3. The van der Waals surface area contributed by atoms with E-state index in [0.717, 1.165) is 12.0 Å². The Morgan fingerprint density at radius 3 is 2.86 bits per heavy atom. The van der Waals surface area contributed by atoms with Crippen LogP contribution in [0.15, 0.2) is 12.4 Å². The Bertz CT molecular complexity index is 611. The van der Waals surface area contributed by atoms with Gasteiger partial charge in [-0.1, -0.05) is 6.92 Å². The number of hydrogen-bond acceptors (Lipinski definition) is 5. The van der Waals surface area contributed by atoms with Crippen LogP contribution >= 0.6 is 0 Å². The van der Waals surface area contributed by atoms with Crippen LogP contribution in [0.4, 0.5) is 0 Å². The zero-order valence-corrected chi connectivity index (χ0v) is 13.9. The number of nitrogens with zero attached hydrogens (tertiary/aromatic N) is 3. The lowest BCUT2D eigenvalue weighted by atomic mass is 10.1. The van der Waals surface area contributed by atoms with Crippen LogP contribution in [0.2, 0.25) is 0 Å². The van der Waals surface area contributed by atoms with Crippen LogP contribution in [0.5, 0.6) is 0 Å². The monoisotopic (exact) mass is 329 g/mol. The Balaban J connectivity index is 2.17. The van der Waals surface area contributed by atoms with E-state index in [4.69, 9.17) is 4.74 Å². The molecule has 1 aromatic rings. The highest BCUT2D eigenvalue weighted by Crippen LogP contribution is 2.26. The minimum Gasteiger partial charge on any atom is -0.372 e. The standard InChI is InChI=1S/C14H23N3O4S/c1-3-6-21-10-14(18)17-5-7-22(19,20)11-13(17)12-8-15-16(4-2)9-12/h8-9,13H,3-7,10-11H2,1-2H3. The van der Waals surface area contributed by atoms with E-state index in [-0.39, 0.29) is 30.6 Å². The molecular formula is C14H23N3O4S. The minimum absolute atomic E-state index is 0.00489. The molecule has 1 aliphatic rings. The number of ether oxygens (including phenoxy) is 1. The van der Waals surface area contributed by atoms with Crippen LogP contribution in [0.25, 0.3) is 0 Å². The lowest BCUT2D eigenvalue weighted by Gasteiger charge is -2.35. The van der Waals surface area contributed by atoms with Crippen LogP contribution in [0.1, 0.15) is 31.9 Å². The Morgan fingerprint density at radius 1 is 1.45 bits per heavy atom. The first-order valence-corrected chi connectivity index (χ1v) is 9.39. The fraction of sp³-hybridized carbons (Fsp3) is 0.714. The van der Waals surface area contributed by atoms with Crippen molar-refractivity contribution in [3.05, 3.63) is 18.0 Å². The van der Waals surface area contributed by atoms with Gasteiger partial charge in [0.1, 0.15) is 6.61 Å². The third kappa shape index (κ3) is 4.07. The molecular weight excluding hydrogens is 306 g/mol. The molecule has 0 aromatic carbocycles. The van der Waals surface area contributed by atoms with Crippen molar-refractivity contribution in [3.63, 3.8) is 0 Å². The second kappa shape index (κ2) is 7.23. The van der Waals surface area contributed by atoms with E-state index >= 15 is 0 Å². The fourth-order valence-corrected chi connectivity index (χ4v) is 3.99. The van der Waals surface area contributed by atoms with E-state index in [9.17, 15) is 13.2 Å². The topological polar surface area (TPSA) is 81.5 Å². The zero-order valence-electron chi connectivity index (χ0n) is 13.1. The maximum Gasteiger partial charge on any atom is 0.249 e. The predicted octanol–water partition coefficient (Wildman–Crippen LogP) is 0.628. The number of amides is 1. The summed E-state index contributed by atoms with van der Waals surface area (Å²) in [6, 6.07) is -0.475. The van der Waals surface area contributed by atoms with Crippen molar-refractivity contribution < 1.29 is 17.9 Å². The van der Waals surface area contributed by atoms with Crippen molar-refractivity contribution in [2.45, 2.75) is 32.9 Å². The zero-order chi connectivity index (χ0) is 16.2. The molecule has 2 heterocycles. The molecule has 0 aliphatic carbocycles. The van der Waals surface area contributed by atoms with E-state index in [1.54, 1.807) is 22.0 Å². The van der Waals surface area contributed by atoms with Gasteiger partial charge in [0.15, 0.2) is 9.84 Å². The number of carbonyl (C=O) groups excluding carboxylic acids is 1. The highest BCUT2D eigenvalue weighted by molar-refractivity contribution is 7.91. The molecule has 22 heavy (non-hydrogen) atoms. The van der Waals surface area contributed by atoms with Gasteiger partial charge in [0.05, 0.1) is 23.7 Å². The van der Waals surface area contributed by atoms with Crippen molar-refractivity contribution in [3.8, 4) is 0 Å². The number of hydrogen-bond donors (Lipinski definition) is 0. The van der Waals surface area contributed by atoms with Crippen molar-refractivity contribution >= 4 is 15.7 Å². The Morgan fingerprint density at radius 2 is 2.23 bits per heavy atom. The second-order valence-corrected chi connectivity index (χ2v) is 7.63. The largest absolute Gasteiger partial charge is 0.372 e. The van der Waals surface area contributed by atoms with Gasteiger partial charge in [-0.25, -0.2) is 8.42 Å². The number of aryl methyl sites for hydroxylation is 1. The summed E-state index contributed by atoms with van der Waals surface area (Å²) in [5, 5.41) is 4.18. The van der Waals surface area contributed by atoms with Crippen molar-refractivity contribution in [2.24, 2.45) is 0 Å². The number of carbonyl (C=O) groups is 1. The minimum atomic E-state index is -3.14. The molecule has 0 spiro atoms. The van der Waals surface area contributed by atoms with E-state index in [0.29, 0.717) is 13.2 Å². The van der Waals surface area contributed by atoms with Gasteiger partial charge in [0.2, 0.25) is 5.91 Å². The highest BCUT2D eigenvalue weighted by Gasteiger charge is 2.35. The lowest BCUT2D eigenvalue weighted by molar-refractivity contribution is -0.138. The quantitative estimate of drug-likeness (QED) is 0.715. The molecule has 2 rings (SSSR count). The van der Waals surface area contributed by atoms with Gasteiger partial charge in [-0.3, -0.25) is 9.48 Å². The maximum atomic E-state index is 12.3. The fourth-order valence-electron chi connectivity index (χ4n) is 2.49. The van der Waals surface area contributed by atoms with Crippen LogP contribution < -0.4 is 0 Å². The summed E-state index contributed by atoms with van der Waals surface area (Å²) >= 11 is 0. The smallest absolute Gasteiger partial charge is 0.249 e. The molecule has 8 heteroatoms. The first-order valence-electron chi connectivity index (χ1n) is 7.56. The van der Waals surface area contributed by atoms with Crippen molar-refractivity contribution in [1.29, 1.82) is 0 Å². The van der Waals surface area contributed by atoms with Gasteiger partial charge in [0, 0.05) is 31.5 Å². The van der Waals surface area contributed by atoms with Gasteiger partial charge in [-0.2, -0.15) is 5.10 Å². The third-order valence-electron chi connectivity index (χ3n) is 3.69. The van der Waals surface area contributed by atoms with Gasteiger partial charge in [-0.15, -0.1) is 0 Å². The van der Waals surface area contributed by atoms with E-state index < -0.39 is 15.9 Å². The Hall–Kier alpha value is -1.41. The van der Waals surface area contributed by atoms with Gasteiger partial charge in [0.25, 0.3) is 0 Å². The van der Waals surface area contributed by atoms with Crippen molar-refractivity contribution in [2.75, 3.05) is 31.3 Å². The molecule has 1 atom stereocenters. The summed E-state index contributed by atoms with van der Waals surface area (Å²) in [5.41, 5.74) is 0.758. The van der Waals surface area contributed by atoms with Gasteiger partial charge in [-0.05, 0) is 13.3 Å². The molecule has 0 saturated carbocycles. The van der Waals surface area contributed by atoms with Crippen LogP contribution in [0.3, 0.4) is 0 Å². The summed E-state index contributed by atoms with van der Waals surface area (Å²) in [5.74, 6) is -0.218. The number of aromatic nitrogens is 2. The highest BCUT2D eigenvalue weighted by atomic mass is 32.2. The molecule has 1 amide bonds. The molecule has 1 unspecified atom stereocenters. The first-order chi connectivity index (χ1) is 10.5. The molecule has 1 fully saturated rings. The summed E-state index contributed by atoms with van der Waals surface area (Å²) in [6.07, 6.45) is 4.29. The average molecular weight is 329 g/mol. The average Bonchev–Trinajstić information content (AvgIpc) is 2.95. The summed E-state index contributed by atoms with van der Waals surface area (Å²) in [7, 11) is -3.14. The van der Waals surface area contributed by atoms with E-state index in [1.165, 1.54) is 0 Å². The number of sulfone groups is 1. The molecule has 124 valence electrons. The molecule has 0 radical (unpaired) electrons. The molecule has 7 nitrogen and oxygen atoms in total. The van der Waals surface area contributed by atoms with Gasteiger partial charge < -0.3 is 9.64 Å². The molecule has 1 aromatic heterocycles. The Kier molecular flexibility index (Phi) is 5.57. The summed E-state index contributed by atoms with van der Waals surface area (Å²) in [6.45, 7) is 5.35. The normalized spacial score (nSPS) is 21.0. The molecule has 0 N–H and O–H groups in total. The second-order valence-electron chi connectivity index (χ2n) is 5.40. The Labute approximate surface area is 131 Å². The van der Waals surface area contributed by atoms with Crippen LogP contribution in [0, 0.1) is 0 Å². The molecule has 1 aliphatic heterocycles. The van der Waals surface area contributed by atoms with Gasteiger partial charge >= 0.3 is 0 Å². The van der Waals surface area contributed by atoms with Crippen molar-refractivity contribution in [1.82, 2.24) is 14.7 Å². The number of rotatable bonds is 6. The van der Waals surface area contributed by atoms with Crippen LogP contribution in [-0.4, -0.2) is 60.3 Å². The summed E-state index contributed by atoms with van der Waals surface area (Å²) in [4.78, 5) is 13.9. The van der Waals surface area contributed by atoms with E-state index in [2.05, 4.69) is 5.10 Å². The van der Waals surface area contributed by atoms with Crippen LogP contribution in [-0.2, 0) is 25.9 Å². The predicted molar refractivity (Wildman–Crippen MR) is 82.1 cm³/mol. The first kappa shape index (κ1) is 17.0. The third-order valence-corrected chi connectivity index (χ3v) is 5.32. The summed E-state index contributed by atoms with van der Waals surface area (Å²) < 4.78 is 30.9. The molecule has 1 saturated heterocycles. The SMILES string of the molecule is CCCOCC(=O)N1CCS(=O)(=O)CC1c1cnn(CC)c1. The molecule has 0 bridgehead atoms.